The molecule has 0 fully saturated rings. The zero-order chi connectivity index (χ0) is 24.3. The van der Waals surface area contributed by atoms with Crippen molar-refractivity contribution in [3.8, 4) is 10.4 Å². The second-order valence-corrected chi connectivity index (χ2v) is 9.08. The van der Waals surface area contributed by atoms with Crippen molar-refractivity contribution in [2.24, 2.45) is 5.73 Å². The summed E-state index contributed by atoms with van der Waals surface area (Å²) in [6, 6.07) is 9.81. The number of halogens is 3. The van der Waals surface area contributed by atoms with E-state index in [4.69, 9.17) is 10.5 Å². The van der Waals surface area contributed by atoms with E-state index in [1.807, 2.05) is 18.2 Å². The quantitative estimate of drug-likeness (QED) is 0.318. The number of hydrogen-bond acceptors (Lipinski definition) is 7. The topological polar surface area (TPSA) is 86.0 Å². The fraction of sp³-hybridized carbons (Fsp3) is 0.292. The van der Waals surface area contributed by atoms with E-state index in [0.29, 0.717) is 24.7 Å². The van der Waals surface area contributed by atoms with Gasteiger partial charge in [-0.25, -0.2) is 9.97 Å². The number of thiazole rings is 1. The van der Waals surface area contributed by atoms with Gasteiger partial charge in [0.05, 0.1) is 17.2 Å². The zero-order valence-electron chi connectivity index (χ0n) is 18.7. The number of nitrogens with zero attached hydrogens (tertiary/aromatic N) is 3. The number of ether oxygens (including phenoxy) is 1. The van der Waals surface area contributed by atoms with E-state index in [1.165, 1.54) is 35.9 Å². The SMILES string of the molecule is COCc1nc(NCC(N)Cc2ccc(C(C)(F)F)nc2)sc1-c1ccc2cnc(F)cc2c1. The fourth-order valence-electron chi connectivity index (χ4n) is 3.54. The van der Waals surface area contributed by atoms with Crippen molar-refractivity contribution < 1.29 is 17.9 Å². The van der Waals surface area contributed by atoms with Gasteiger partial charge >= 0.3 is 0 Å². The molecule has 4 rings (SSSR count). The molecule has 0 saturated heterocycles. The van der Waals surface area contributed by atoms with Crippen LogP contribution in [0.4, 0.5) is 18.3 Å². The first kappa shape index (κ1) is 24.1. The second kappa shape index (κ2) is 10.0. The molecule has 0 aliphatic heterocycles. The first-order valence-electron chi connectivity index (χ1n) is 10.6. The number of fused-ring (bicyclic) bond motifs is 1. The normalized spacial score (nSPS) is 12.8. The Balaban J connectivity index is 1.46. The highest BCUT2D eigenvalue weighted by Gasteiger charge is 2.25. The average Bonchev–Trinajstić information content (AvgIpc) is 3.20. The number of anilines is 1. The highest BCUT2D eigenvalue weighted by Crippen LogP contribution is 2.35. The molecule has 3 N–H and O–H groups in total. The number of aromatic nitrogens is 3. The number of nitrogens with one attached hydrogen (secondary N) is 1. The number of hydrogen-bond donors (Lipinski definition) is 2. The van der Waals surface area contributed by atoms with Gasteiger partial charge < -0.3 is 15.8 Å². The van der Waals surface area contributed by atoms with Gasteiger partial charge in [0.1, 0.15) is 5.69 Å². The van der Waals surface area contributed by atoms with Crippen LogP contribution in [0.3, 0.4) is 0 Å². The van der Waals surface area contributed by atoms with Crippen LogP contribution < -0.4 is 11.1 Å². The standard InChI is InChI=1S/C24H24F3N5OS/c1-24(26,27)20-6-3-14(10-29-20)7-18(28)12-31-23-32-19(13-33-2)22(34-23)15-4-5-16-11-30-21(25)9-17(16)8-15/h3-6,8-11,18H,7,12-13,28H2,1-2H3,(H,31,32). The van der Waals surface area contributed by atoms with Gasteiger partial charge in [0.25, 0.3) is 5.92 Å². The molecule has 0 spiro atoms. The third kappa shape index (κ3) is 5.69. The molecular weight excluding hydrogens is 463 g/mol. The number of alkyl halides is 2. The molecule has 0 radical (unpaired) electrons. The molecule has 178 valence electrons. The third-order valence-corrected chi connectivity index (χ3v) is 6.32. The van der Waals surface area contributed by atoms with E-state index in [1.54, 1.807) is 13.2 Å². The summed E-state index contributed by atoms with van der Waals surface area (Å²) < 4.78 is 45.6. The number of benzene rings is 1. The zero-order valence-corrected chi connectivity index (χ0v) is 19.5. The number of pyridine rings is 2. The van der Waals surface area contributed by atoms with Crippen molar-refractivity contribution in [1.29, 1.82) is 0 Å². The fourth-order valence-corrected chi connectivity index (χ4v) is 4.51. The van der Waals surface area contributed by atoms with Gasteiger partial charge in [-0.1, -0.05) is 29.5 Å². The van der Waals surface area contributed by atoms with Crippen LogP contribution in [0.1, 0.15) is 23.9 Å². The van der Waals surface area contributed by atoms with Crippen molar-refractivity contribution >= 4 is 27.2 Å². The Morgan fingerprint density at radius 1 is 1.12 bits per heavy atom. The van der Waals surface area contributed by atoms with Gasteiger partial charge in [0.15, 0.2) is 5.13 Å². The average molecular weight is 488 g/mol. The maximum atomic E-state index is 13.6. The minimum Gasteiger partial charge on any atom is -0.378 e. The van der Waals surface area contributed by atoms with E-state index >= 15 is 0 Å². The monoisotopic (exact) mass is 487 g/mol. The lowest BCUT2D eigenvalue weighted by Gasteiger charge is -2.13. The van der Waals surface area contributed by atoms with Gasteiger partial charge in [-0.05, 0) is 35.1 Å². The first-order chi connectivity index (χ1) is 16.2. The molecule has 4 aromatic rings. The van der Waals surface area contributed by atoms with Gasteiger partial charge in [-0.2, -0.15) is 13.2 Å². The van der Waals surface area contributed by atoms with Crippen molar-refractivity contribution in [3.63, 3.8) is 0 Å². The molecule has 6 nitrogen and oxygen atoms in total. The second-order valence-electron chi connectivity index (χ2n) is 8.08. The van der Waals surface area contributed by atoms with Gasteiger partial charge in [0.2, 0.25) is 5.95 Å². The third-order valence-electron chi connectivity index (χ3n) is 5.22. The van der Waals surface area contributed by atoms with Crippen LogP contribution in [-0.4, -0.2) is 34.6 Å². The van der Waals surface area contributed by atoms with E-state index in [9.17, 15) is 13.2 Å². The van der Waals surface area contributed by atoms with E-state index in [-0.39, 0.29) is 11.7 Å². The summed E-state index contributed by atoms with van der Waals surface area (Å²) in [5, 5.41) is 5.52. The Hall–Kier alpha value is -3.08. The van der Waals surface area contributed by atoms with Crippen molar-refractivity contribution in [2.75, 3.05) is 19.0 Å². The molecule has 1 aromatic carbocycles. The summed E-state index contributed by atoms with van der Waals surface area (Å²) in [6.45, 7) is 1.57. The first-order valence-corrected chi connectivity index (χ1v) is 11.4. The maximum absolute atomic E-state index is 13.6. The lowest BCUT2D eigenvalue weighted by atomic mass is 10.1. The lowest BCUT2D eigenvalue weighted by Crippen LogP contribution is -2.31. The van der Waals surface area contributed by atoms with Crippen LogP contribution >= 0.6 is 11.3 Å². The molecule has 0 aliphatic rings. The van der Waals surface area contributed by atoms with E-state index in [2.05, 4.69) is 20.3 Å². The number of methoxy groups -OCH3 is 1. The van der Waals surface area contributed by atoms with Crippen molar-refractivity contribution in [3.05, 3.63) is 71.7 Å². The Labute approximate surface area is 199 Å². The molecule has 0 amide bonds. The van der Waals surface area contributed by atoms with Crippen LogP contribution in [0.25, 0.3) is 21.2 Å². The van der Waals surface area contributed by atoms with Crippen LogP contribution in [0.15, 0.2) is 48.8 Å². The van der Waals surface area contributed by atoms with E-state index in [0.717, 1.165) is 39.4 Å². The number of nitrogens with two attached hydrogens (primary N) is 1. The molecule has 0 bridgehead atoms. The number of rotatable bonds is 9. The summed E-state index contributed by atoms with van der Waals surface area (Å²) in [5.74, 6) is -3.50. The van der Waals surface area contributed by atoms with Gasteiger partial charge in [-0.3, -0.25) is 4.98 Å². The minimum atomic E-state index is -2.97. The Morgan fingerprint density at radius 3 is 2.65 bits per heavy atom. The highest BCUT2D eigenvalue weighted by atomic mass is 32.1. The highest BCUT2D eigenvalue weighted by molar-refractivity contribution is 7.19. The van der Waals surface area contributed by atoms with Gasteiger partial charge in [-0.15, -0.1) is 0 Å². The Bertz CT molecular complexity index is 1270. The van der Waals surface area contributed by atoms with Crippen molar-refractivity contribution in [1.82, 2.24) is 15.0 Å². The summed E-state index contributed by atoms with van der Waals surface area (Å²) in [5.41, 5.74) is 8.42. The maximum Gasteiger partial charge on any atom is 0.286 e. The largest absolute Gasteiger partial charge is 0.378 e. The molecule has 3 heterocycles. The molecule has 0 aliphatic carbocycles. The molecule has 10 heteroatoms. The Kier molecular flexibility index (Phi) is 7.11. The summed E-state index contributed by atoms with van der Waals surface area (Å²) in [4.78, 5) is 13.1. The van der Waals surface area contributed by atoms with E-state index < -0.39 is 11.9 Å². The van der Waals surface area contributed by atoms with Gasteiger partial charge in [0, 0.05) is 50.5 Å². The van der Waals surface area contributed by atoms with Crippen LogP contribution in [0.5, 0.6) is 0 Å². The van der Waals surface area contributed by atoms with Crippen molar-refractivity contribution in [2.45, 2.75) is 31.9 Å². The predicted molar refractivity (Wildman–Crippen MR) is 127 cm³/mol. The smallest absolute Gasteiger partial charge is 0.286 e. The minimum absolute atomic E-state index is 0.267. The molecule has 1 atom stereocenters. The molecule has 3 aromatic heterocycles. The van der Waals surface area contributed by atoms with Crippen LogP contribution in [-0.2, 0) is 23.7 Å². The summed E-state index contributed by atoms with van der Waals surface area (Å²) >= 11 is 1.46. The van der Waals surface area contributed by atoms with Crippen LogP contribution in [0.2, 0.25) is 0 Å². The predicted octanol–water partition coefficient (Wildman–Crippen LogP) is 5.13. The summed E-state index contributed by atoms with van der Waals surface area (Å²) in [7, 11) is 1.60. The Morgan fingerprint density at radius 2 is 1.94 bits per heavy atom. The summed E-state index contributed by atoms with van der Waals surface area (Å²) in [6.07, 6.45) is 3.41. The lowest BCUT2D eigenvalue weighted by molar-refractivity contribution is 0.0127. The molecule has 1 unspecified atom stereocenters. The molecular formula is C24H24F3N5OS. The van der Waals surface area contributed by atoms with Crippen LogP contribution in [0, 0.1) is 5.95 Å². The molecule has 0 saturated carbocycles. The molecule has 34 heavy (non-hydrogen) atoms.